The minimum atomic E-state index is -1.02. The van der Waals surface area contributed by atoms with Gasteiger partial charge in [-0.05, 0) is 17.7 Å². The van der Waals surface area contributed by atoms with E-state index in [1.807, 2.05) is 0 Å². The van der Waals surface area contributed by atoms with Gasteiger partial charge in [-0.2, -0.15) is 0 Å². The standard InChI is InChI=1S/C21H22FN3O6/c1-21(2)30-10-15-14(9-24-16(17(15)31-21)20(28)29-4)19(27)25-8-11-5-6-12(22)7-13(11)18(26)23-3/h5-7,9H,8,10H2,1-4H3,(H,23,26)(H,25,27). The highest BCUT2D eigenvalue weighted by Crippen LogP contribution is 2.35. The molecule has 0 unspecified atom stereocenters. The largest absolute Gasteiger partial charge is 0.464 e. The van der Waals surface area contributed by atoms with Crippen molar-refractivity contribution in [2.45, 2.75) is 32.8 Å². The number of rotatable bonds is 5. The lowest BCUT2D eigenvalue weighted by Crippen LogP contribution is -2.38. The van der Waals surface area contributed by atoms with Crippen LogP contribution >= 0.6 is 0 Å². The van der Waals surface area contributed by atoms with Gasteiger partial charge in [0.15, 0.2) is 11.4 Å². The molecule has 0 fully saturated rings. The highest BCUT2D eigenvalue weighted by Gasteiger charge is 2.35. The van der Waals surface area contributed by atoms with Crippen LogP contribution in [0.4, 0.5) is 4.39 Å². The number of pyridine rings is 1. The molecule has 2 N–H and O–H groups in total. The first-order chi connectivity index (χ1) is 14.7. The first-order valence-electron chi connectivity index (χ1n) is 9.38. The van der Waals surface area contributed by atoms with Gasteiger partial charge in [-0.3, -0.25) is 9.59 Å². The summed E-state index contributed by atoms with van der Waals surface area (Å²) in [4.78, 5) is 41.0. The summed E-state index contributed by atoms with van der Waals surface area (Å²) in [7, 11) is 2.64. The third kappa shape index (κ3) is 4.64. The Balaban J connectivity index is 1.90. The second-order valence-corrected chi connectivity index (χ2v) is 7.17. The summed E-state index contributed by atoms with van der Waals surface area (Å²) in [5.41, 5.74) is 0.957. The number of nitrogens with one attached hydrogen (secondary N) is 2. The number of nitrogens with zero attached hydrogens (tertiary/aromatic N) is 1. The van der Waals surface area contributed by atoms with Crippen molar-refractivity contribution >= 4 is 17.8 Å². The van der Waals surface area contributed by atoms with Gasteiger partial charge in [-0.25, -0.2) is 14.2 Å². The van der Waals surface area contributed by atoms with Crippen LogP contribution < -0.4 is 15.4 Å². The molecule has 10 heteroatoms. The first-order valence-corrected chi connectivity index (χ1v) is 9.38. The van der Waals surface area contributed by atoms with E-state index in [1.54, 1.807) is 13.8 Å². The van der Waals surface area contributed by atoms with Crippen LogP contribution in [0.5, 0.6) is 5.75 Å². The molecular formula is C21H22FN3O6. The summed E-state index contributed by atoms with van der Waals surface area (Å²) < 4.78 is 29.7. The monoisotopic (exact) mass is 431 g/mol. The zero-order valence-corrected chi connectivity index (χ0v) is 17.5. The third-order valence-corrected chi connectivity index (χ3v) is 4.66. The molecule has 0 bridgehead atoms. The second-order valence-electron chi connectivity index (χ2n) is 7.17. The van der Waals surface area contributed by atoms with Crippen molar-refractivity contribution in [1.29, 1.82) is 0 Å². The molecule has 2 amide bonds. The molecule has 164 valence electrons. The van der Waals surface area contributed by atoms with Gasteiger partial charge in [0.1, 0.15) is 5.82 Å². The van der Waals surface area contributed by atoms with Crippen LogP contribution in [0, 0.1) is 5.82 Å². The Morgan fingerprint density at radius 2 is 1.97 bits per heavy atom. The highest BCUT2D eigenvalue weighted by atomic mass is 19.1. The number of methoxy groups -OCH3 is 1. The van der Waals surface area contributed by atoms with Crippen LogP contribution in [0.2, 0.25) is 0 Å². The molecule has 0 aliphatic carbocycles. The van der Waals surface area contributed by atoms with Crippen molar-refractivity contribution in [3.8, 4) is 5.75 Å². The topological polar surface area (TPSA) is 116 Å². The lowest BCUT2D eigenvalue weighted by molar-refractivity contribution is -0.180. The van der Waals surface area contributed by atoms with Crippen molar-refractivity contribution in [2.75, 3.05) is 14.2 Å². The lowest BCUT2D eigenvalue weighted by Gasteiger charge is -2.33. The van der Waals surface area contributed by atoms with E-state index in [2.05, 4.69) is 15.6 Å². The SMILES string of the molecule is CNC(=O)c1cc(F)ccc1CNC(=O)c1cnc(C(=O)OC)c2c1COC(C)(C)O2. The van der Waals surface area contributed by atoms with Gasteiger partial charge in [0, 0.05) is 44.8 Å². The number of aromatic nitrogens is 1. The molecule has 1 aromatic heterocycles. The molecule has 1 aliphatic heterocycles. The number of benzene rings is 1. The number of carbonyl (C=O) groups excluding carboxylic acids is 3. The number of fused-ring (bicyclic) bond motifs is 1. The van der Waals surface area contributed by atoms with E-state index >= 15 is 0 Å². The zero-order valence-electron chi connectivity index (χ0n) is 17.5. The van der Waals surface area contributed by atoms with Crippen LogP contribution in [0.1, 0.15) is 56.2 Å². The summed E-state index contributed by atoms with van der Waals surface area (Å²) >= 11 is 0. The van der Waals surface area contributed by atoms with Gasteiger partial charge in [0.05, 0.1) is 19.3 Å². The number of amides is 2. The van der Waals surface area contributed by atoms with Crippen molar-refractivity contribution in [1.82, 2.24) is 15.6 Å². The minimum absolute atomic E-state index is 0.0115. The minimum Gasteiger partial charge on any atom is -0.464 e. The van der Waals surface area contributed by atoms with Crippen molar-refractivity contribution in [3.63, 3.8) is 0 Å². The Morgan fingerprint density at radius 3 is 2.65 bits per heavy atom. The molecule has 0 saturated carbocycles. The Bertz CT molecular complexity index is 1050. The van der Waals surface area contributed by atoms with Crippen LogP contribution in [0.3, 0.4) is 0 Å². The molecule has 0 spiro atoms. The van der Waals surface area contributed by atoms with Gasteiger partial charge >= 0.3 is 5.97 Å². The van der Waals surface area contributed by atoms with Crippen molar-refractivity contribution in [3.05, 3.63) is 58.2 Å². The summed E-state index contributed by atoms with van der Waals surface area (Å²) in [5, 5.41) is 5.11. The molecule has 0 saturated heterocycles. The number of halogens is 1. The molecule has 1 aliphatic rings. The van der Waals surface area contributed by atoms with Gasteiger partial charge in [-0.15, -0.1) is 0 Å². The average molecular weight is 431 g/mol. The van der Waals surface area contributed by atoms with Crippen LogP contribution in [0.15, 0.2) is 24.4 Å². The maximum absolute atomic E-state index is 13.6. The fourth-order valence-corrected chi connectivity index (χ4v) is 3.06. The van der Waals surface area contributed by atoms with Gasteiger partial charge in [-0.1, -0.05) is 6.07 Å². The predicted octanol–water partition coefficient (Wildman–Crippen LogP) is 1.94. The summed E-state index contributed by atoms with van der Waals surface area (Å²) in [5.74, 6) is -3.19. The average Bonchev–Trinajstić information content (AvgIpc) is 2.75. The van der Waals surface area contributed by atoms with Gasteiger partial charge < -0.3 is 24.8 Å². The summed E-state index contributed by atoms with van der Waals surface area (Å²) in [6.07, 6.45) is 1.23. The fourth-order valence-electron chi connectivity index (χ4n) is 3.06. The Labute approximate surface area is 177 Å². The van der Waals surface area contributed by atoms with Crippen LogP contribution in [0.25, 0.3) is 0 Å². The van der Waals surface area contributed by atoms with E-state index in [1.165, 1.54) is 32.5 Å². The number of ether oxygens (including phenoxy) is 3. The number of esters is 1. The Morgan fingerprint density at radius 1 is 1.23 bits per heavy atom. The maximum Gasteiger partial charge on any atom is 0.360 e. The van der Waals surface area contributed by atoms with Crippen LogP contribution in [-0.2, 0) is 22.6 Å². The number of hydrogen-bond donors (Lipinski definition) is 2. The Kier molecular flexibility index (Phi) is 6.21. The summed E-state index contributed by atoms with van der Waals surface area (Å²) in [6, 6.07) is 3.72. The predicted molar refractivity (Wildman–Crippen MR) is 106 cm³/mol. The quantitative estimate of drug-likeness (QED) is 0.695. The number of carbonyl (C=O) groups is 3. The molecule has 31 heavy (non-hydrogen) atoms. The molecular weight excluding hydrogens is 409 g/mol. The van der Waals surface area contributed by atoms with E-state index in [-0.39, 0.29) is 35.7 Å². The zero-order chi connectivity index (χ0) is 22.8. The van der Waals surface area contributed by atoms with E-state index < -0.39 is 29.4 Å². The van der Waals surface area contributed by atoms with E-state index in [4.69, 9.17) is 14.2 Å². The highest BCUT2D eigenvalue weighted by molar-refractivity contribution is 5.99. The van der Waals surface area contributed by atoms with E-state index in [0.29, 0.717) is 11.1 Å². The summed E-state index contributed by atoms with van der Waals surface area (Å²) in [6.45, 7) is 3.30. The van der Waals surface area contributed by atoms with E-state index in [9.17, 15) is 18.8 Å². The van der Waals surface area contributed by atoms with Gasteiger partial charge in [0.25, 0.3) is 11.8 Å². The lowest BCUT2D eigenvalue weighted by atomic mass is 10.0. The van der Waals surface area contributed by atoms with Crippen molar-refractivity contribution in [2.24, 2.45) is 0 Å². The molecule has 2 heterocycles. The first kappa shape index (κ1) is 22.2. The van der Waals surface area contributed by atoms with Crippen molar-refractivity contribution < 1.29 is 33.0 Å². The number of hydrogen-bond acceptors (Lipinski definition) is 7. The van der Waals surface area contributed by atoms with Gasteiger partial charge in [0.2, 0.25) is 5.79 Å². The van der Waals surface area contributed by atoms with E-state index in [0.717, 1.165) is 6.07 Å². The maximum atomic E-state index is 13.6. The molecule has 2 aromatic rings. The third-order valence-electron chi connectivity index (χ3n) is 4.66. The molecule has 0 radical (unpaired) electrons. The fraction of sp³-hybridized carbons (Fsp3) is 0.333. The molecule has 0 atom stereocenters. The second kappa shape index (κ2) is 8.68. The molecule has 3 rings (SSSR count). The van der Waals surface area contributed by atoms with Crippen LogP contribution in [-0.4, -0.2) is 42.7 Å². The molecule has 1 aromatic carbocycles. The Hall–Kier alpha value is -3.53. The smallest absolute Gasteiger partial charge is 0.360 e. The molecule has 9 nitrogen and oxygen atoms in total. The normalized spacial score (nSPS) is 14.1.